The lowest BCUT2D eigenvalue weighted by atomic mass is 9.83. The number of carboxylic acid groups (broad SMARTS) is 1. The molecule has 112 valence electrons. The number of carboxylic acids is 1. The first-order valence-electron chi connectivity index (χ1n) is 6.90. The molecule has 1 unspecified atom stereocenters. The van der Waals surface area contributed by atoms with Crippen molar-refractivity contribution in [2.24, 2.45) is 11.1 Å². The minimum atomic E-state index is -1.03. The largest absolute Gasteiger partial charge is 0.480 e. The van der Waals surface area contributed by atoms with Gasteiger partial charge in [-0.1, -0.05) is 23.4 Å². The maximum absolute atomic E-state index is 12.1. The van der Waals surface area contributed by atoms with Gasteiger partial charge in [0.2, 0.25) is 0 Å². The van der Waals surface area contributed by atoms with E-state index < -0.39 is 12.0 Å². The number of nitrogens with one attached hydrogen (secondary N) is 1. The Hall–Kier alpha value is -2.37. The van der Waals surface area contributed by atoms with Crippen molar-refractivity contribution in [3.8, 4) is 0 Å². The van der Waals surface area contributed by atoms with Crippen molar-refractivity contribution in [2.75, 3.05) is 0 Å². The third-order valence-corrected chi connectivity index (χ3v) is 3.81. The summed E-state index contributed by atoms with van der Waals surface area (Å²) in [6, 6.07) is 7.63. The van der Waals surface area contributed by atoms with Crippen LogP contribution in [0.25, 0.3) is 0 Å². The molecular weight excluding hydrogens is 272 g/mol. The number of aliphatic carboxylic acids is 1. The smallest absolute Gasteiger partial charge is 0.326 e. The van der Waals surface area contributed by atoms with Crippen LogP contribution in [0.1, 0.15) is 36.0 Å². The van der Waals surface area contributed by atoms with Crippen LogP contribution in [-0.4, -0.2) is 33.9 Å². The SMILES string of the molecule is O=C(NC(C(=O)O)C1CCC(=NO)CC1)c1ccccc1. The third-order valence-electron chi connectivity index (χ3n) is 3.81. The van der Waals surface area contributed by atoms with Crippen molar-refractivity contribution < 1.29 is 19.9 Å². The van der Waals surface area contributed by atoms with E-state index in [0.29, 0.717) is 37.0 Å². The quantitative estimate of drug-likeness (QED) is 0.582. The molecule has 3 N–H and O–H groups in total. The van der Waals surface area contributed by atoms with Crippen LogP contribution in [0.15, 0.2) is 35.5 Å². The summed E-state index contributed by atoms with van der Waals surface area (Å²) in [6.45, 7) is 0. The van der Waals surface area contributed by atoms with E-state index in [-0.39, 0.29) is 11.8 Å². The predicted molar refractivity (Wildman–Crippen MR) is 76.5 cm³/mol. The summed E-state index contributed by atoms with van der Waals surface area (Å²) < 4.78 is 0. The van der Waals surface area contributed by atoms with Crippen molar-refractivity contribution >= 4 is 17.6 Å². The minimum Gasteiger partial charge on any atom is -0.480 e. The molecule has 1 aromatic rings. The number of oxime groups is 1. The highest BCUT2D eigenvalue weighted by Crippen LogP contribution is 2.25. The number of benzene rings is 1. The van der Waals surface area contributed by atoms with Crippen LogP contribution in [0.2, 0.25) is 0 Å². The minimum absolute atomic E-state index is 0.152. The highest BCUT2D eigenvalue weighted by molar-refractivity contribution is 5.96. The second-order valence-electron chi connectivity index (χ2n) is 5.16. The van der Waals surface area contributed by atoms with Gasteiger partial charge in [-0.15, -0.1) is 0 Å². The Morgan fingerprint density at radius 2 is 1.81 bits per heavy atom. The number of hydrogen-bond acceptors (Lipinski definition) is 4. The number of hydrogen-bond donors (Lipinski definition) is 3. The summed E-state index contributed by atoms with van der Waals surface area (Å²) in [7, 11) is 0. The van der Waals surface area contributed by atoms with E-state index in [1.165, 1.54) is 0 Å². The van der Waals surface area contributed by atoms with Crippen LogP contribution in [0.5, 0.6) is 0 Å². The summed E-state index contributed by atoms with van der Waals surface area (Å²) >= 11 is 0. The molecule has 1 saturated carbocycles. The number of carbonyl (C=O) groups excluding carboxylic acids is 1. The van der Waals surface area contributed by atoms with Crippen LogP contribution >= 0.6 is 0 Å². The molecular formula is C15H18N2O4. The van der Waals surface area contributed by atoms with E-state index in [2.05, 4.69) is 10.5 Å². The van der Waals surface area contributed by atoms with Gasteiger partial charge in [0.25, 0.3) is 5.91 Å². The Kier molecular flexibility index (Phi) is 4.92. The zero-order valence-corrected chi connectivity index (χ0v) is 11.5. The first-order chi connectivity index (χ1) is 10.1. The van der Waals surface area contributed by atoms with Crippen LogP contribution in [0, 0.1) is 5.92 Å². The van der Waals surface area contributed by atoms with E-state index >= 15 is 0 Å². The fourth-order valence-corrected chi connectivity index (χ4v) is 2.60. The molecule has 6 heteroatoms. The van der Waals surface area contributed by atoms with Crippen molar-refractivity contribution in [1.82, 2.24) is 5.32 Å². The lowest BCUT2D eigenvalue weighted by Gasteiger charge is -2.28. The molecule has 0 spiro atoms. The highest BCUT2D eigenvalue weighted by atomic mass is 16.4. The molecule has 1 amide bonds. The van der Waals surface area contributed by atoms with E-state index in [1.807, 2.05) is 0 Å². The number of carbonyl (C=O) groups is 2. The zero-order chi connectivity index (χ0) is 15.2. The molecule has 21 heavy (non-hydrogen) atoms. The van der Waals surface area contributed by atoms with Crippen molar-refractivity contribution in [3.05, 3.63) is 35.9 Å². The molecule has 1 atom stereocenters. The first kappa shape index (κ1) is 15.0. The Morgan fingerprint density at radius 1 is 1.19 bits per heavy atom. The Morgan fingerprint density at radius 3 is 2.33 bits per heavy atom. The lowest BCUT2D eigenvalue weighted by Crippen LogP contribution is -2.47. The molecule has 0 aliphatic heterocycles. The molecule has 1 aliphatic carbocycles. The van der Waals surface area contributed by atoms with E-state index in [1.54, 1.807) is 30.3 Å². The van der Waals surface area contributed by atoms with Crippen LogP contribution < -0.4 is 5.32 Å². The number of rotatable bonds is 4. The molecule has 1 aliphatic rings. The van der Waals surface area contributed by atoms with Gasteiger partial charge in [-0.05, 0) is 43.7 Å². The van der Waals surface area contributed by atoms with Gasteiger partial charge in [0.05, 0.1) is 5.71 Å². The normalized spacial score (nSPS) is 19.6. The van der Waals surface area contributed by atoms with Gasteiger partial charge < -0.3 is 15.6 Å². The fraction of sp³-hybridized carbons (Fsp3) is 0.400. The molecule has 0 saturated heterocycles. The number of amides is 1. The summed E-state index contributed by atoms with van der Waals surface area (Å²) in [5.41, 5.74) is 1.13. The number of nitrogens with zero attached hydrogens (tertiary/aromatic N) is 1. The van der Waals surface area contributed by atoms with Crippen LogP contribution in [0.3, 0.4) is 0 Å². The molecule has 2 rings (SSSR count). The van der Waals surface area contributed by atoms with E-state index in [4.69, 9.17) is 5.21 Å². The first-order valence-corrected chi connectivity index (χ1v) is 6.90. The Labute approximate surface area is 122 Å². The van der Waals surface area contributed by atoms with Crippen molar-refractivity contribution in [2.45, 2.75) is 31.7 Å². The topological polar surface area (TPSA) is 99.0 Å². The second kappa shape index (κ2) is 6.88. The summed E-state index contributed by atoms with van der Waals surface area (Å²) in [5.74, 6) is -1.57. The maximum atomic E-state index is 12.1. The predicted octanol–water partition coefficient (Wildman–Crippen LogP) is 1.89. The summed E-state index contributed by atoms with van der Waals surface area (Å²) in [4.78, 5) is 23.5. The van der Waals surface area contributed by atoms with Gasteiger partial charge in [0.15, 0.2) is 0 Å². The van der Waals surface area contributed by atoms with E-state index in [0.717, 1.165) is 0 Å². The average molecular weight is 290 g/mol. The van der Waals surface area contributed by atoms with Gasteiger partial charge in [-0.2, -0.15) is 0 Å². The monoisotopic (exact) mass is 290 g/mol. The van der Waals surface area contributed by atoms with Gasteiger partial charge in [0, 0.05) is 5.56 Å². The van der Waals surface area contributed by atoms with Gasteiger partial charge in [-0.25, -0.2) is 4.79 Å². The summed E-state index contributed by atoms with van der Waals surface area (Å²) in [6.07, 6.45) is 2.30. The Balaban J connectivity index is 2.03. The van der Waals surface area contributed by atoms with Crippen molar-refractivity contribution in [1.29, 1.82) is 0 Å². The molecule has 0 aromatic heterocycles. The van der Waals surface area contributed by atoms with Gasteiger partial charge in [-0.3, -0.25) is 4.79 Å². The highest BCUT2D eigenvalue weighted by Gasteiger charge is 2.32. The average Bonchev–Trinajstić information content (AvgIpc) is 2.53. The Bertz CT molecular complexity index is 532. The van der Waals surface area contributed by atoms with Crippen molar-refractivity contribution in [3.63, 3.8) is 0 Å². The maximum Gasteiger partial charge on any atom is 0.326 e. The fourth-order valence-electron chi connectivity index (χ4n) is 2.60. The van der Waals surface area contributed by atoms with Gasteiger partial charge in [0.1, 0.15) is 6.04 Å². The second-order valence-corrected chi connectivity index (χ2v) is 5.16. The van der Waals surface area contributed by atoms with E-state index in [9.17, 15) is 14.7 Å². The molecule has 0 bridgehead atoms. The molecule has 0 heterocycles. The zero-order valence-electron chi connectivity index (χ0n) is 11.5. The third kappa shape index (κ3) is 3.81. The standard InChI is InChI=1S/C15H18N2O4/c18-14(11-4-2-1-3-5-11)16-13(15(19)20)10-6-8-12(17-21)9-7-10/h1-5,10,13,21H,6-9H2,(H,16,18)(H,19,20). The lowest BCUT2D eigenvalue weighted by molar-refractivity contribution is -0.140. The molecule has 0 radical (unpaired) electrons. The molecule has 1 aromatic carbocycles. The van der Waals surface area contributed by atoms with Crippen LogP contribution in [0.4, 0.5) is 0 Å². The van der Waals surface area contributed by atoms with Gasteiger partial charge >= 0.3 is 5.97 Å². The molecule has 1 fully saturated rings. The molecule has 6 nitrogen and oxygen atoms in total. The van der Waals surface area contributed by atoms with Crippen LogP contribution in [-0.2, 0) is 4.79 Å². The summed E-state index contributed by atoms with van der Waals surface area (Å²) in [5, 5.41) is 23.8.